The maximum Gasteiger partial charge on any atom is 0.172 e. The predicted molar refractivity (Wildman–Crippen MR) is 50.9 cm³/mol. The molecule has 68 valence electrons. The van der Waals surface area contributed by atoms with Gasteiger partial charge in [0.2, 0.25) is 0 Å². The Hall–Kier alpha value is -1.44. The van der Waals surface area contributed by atoms with Crippen molar-refractivity contribution in [2.75, 3.05) is 0 Å². The highest BCUT2D eigenvalue weighted by atomic mass is 16.5. The van der Waals surface area contributed by atoms with Crippen LogP contribution in [-0.4, -0.2) is 5.11 Å². The number of fused-ring (bicyclic) bond motifs is 1. The number of ether oxygens (including phenoxy) is 1. The fraction of sp³-hybridized carbons (Fsp3) is 0.273. The zero-order valence-electron chi connectivity index (χ0n) is 7.79. The van der Waals surface area contributed by atoms with Gasteiger partial charge < -0.3 is 9.84 Å². The van der Waals surface area contributed by atoms with Crippen LogP contribution in [-0.2, 0) is 6.42 Å². The molecule has 2 heteroatoms. The Morgan fingerprint density at radius 2 is 2.08 bits per heavy atom. The van der Waals surface area contributed by atoms with E-state index < -0.39 is 0 Å². The Kier molecular flexibility index (Phi) is 1.76. The Morgan fingerprint density at radius 1 is 1.31 bits per heavy atom. The van der Waals surface area contributed by atoms with E-state index in [0.29, 0.717) is 5.75 Å². The summed E-state index contributed by atoms with van der Waals surface area (Å²) in [6, 6.07) is 3.76. The van der Waals surface area contributed by atoms with Gasteiger partial charge in [0.25, 0.3) is 0 Å². The van der Waals surface area contributed by atoms with Crippen LogP contribution in [0.3, 0.4) is 0 Å². The third-order valence-electron chi connectivity index (χ3n) is 2.16. The van der Waals surface area contributed by atoms with E-state index in [4.69, 9.17) is 4.74 Å². The molecule has 13 heavy (non-hydrogen) atoms. The average Bonchev–Trinajstić information content (AvgIpc) is 2.06. The molecule has 0 atom stereocenters. The second-order valence-electron chi connectivity index (χ2n) is 3.39. The highest BCUT2D eigenvalue weighted by Crippen LogP contribution is 2.35. The summed E-state index contributed by atoms with van der Waals surface area (Å²) in [6.07, 6.45) is 2.86. The SMILES string of the molecule is CC1=CCc2cc(C)cc(O)c2O1. The van der Waals surface area contributed by atoms with Crippen molar-refractivity contribution in [3.8, 4) is 11.5 Å². The van der Waals surface area contributed by atoms with Gasteiger partial charge in [0, 0.05) is 5.56 Å². The van der Waals surface area contributed by atoms with Crippen molar-refractivity contribution in [1.29, 1.82) is 0 Å². The van der Waals surface area contributed by atoms with E-state index in [0.717, 1.165) is 23.3 Å². The Balaban J connectivity index is 2.52. The zero-order chi connectivity index (χ0) is 9.42. The van der Waals surface area contributed by atoms with Crippen LogP contribution in [0, 0.1) is 6.92 Å². The highest BCUT2D eigenvalue weighted by Gasteiger charge is 2.14. The van der Waals surface area contributed by atoms with Crippen molar-refractivity contribution in [2.45, 2.75) is 20.3 Å². The first-order valence-corrected chi connectivity index (χ1v) is 4.34. The largest absolute Gasteiger partial charge is 0.504 e. The van der Waals surface area contributed by atoms with Crippen LogP contribution in [0.5, 0.6) is 11.5 Å². The number of phenolic OH excluding ortho intramolecular Hbond substituents is 1. The molecule has 2 rings (SSSR count). The number of phenols is 1. The van der Waals surface area contributed by atoms with Crippen molar-refractivity contribution in [3.63, 3.8) is 0 Å². The molecule has 0 bridgehead atoms. The molecule has 2 nitrogen and oxygen atoms in total. The third kappa shape index (κ3) is 1.39. The van der Waals surface area contributed by atoms with E-state index in [-0.39, 0.29) is 5.75 Å². The predicted octanol–water partition coefficient (Wildman–Crippen LogP) is 2.54. The average molecular weight is 176 g/mol. The number of hydrogen-bond acceptors (Lipinski definition) is 2. The Bertz CT molecular complexity index is 378. The topological polar surface area (TPSA) is 29.5 Å². The minimum Gasteiger partial charge on any atom is -0.504 e. The fourth-order valence-corrected chi connectivity index (χ4v) is 1.55. The lowest BCUT2D eigenvalue weighted by Crippen LogP contribution is -2.02. The van der Waals surface area contributed by atoms with Crippen molar-refractivity contribution in [1.82, 2.24) is 0 Å². The number of rotatable bonds is 0. The molecular formula is C11H12O2. The van der Waals surface area contributed by atoms with Crippen LogP contribution in [0.1, 0.15) is 18.1 Å². The van der Waals surface area contributed by atoms with Crippen LogP contribution in [0.2, 0.25) is 0 Å². The van der Waals surface area contributed by atoms with E-state index >= 15 is 0 Å². The van der Waals surface area contributed by atoms with Crippen molar-refractivity contribution >= 4 is 0 Å². The minimum absolute atomic E-state index is 0.238. The molecular weight excluding hydrogens is 164 g/mol. The monoisotopic (exact) mass is 176 g/mol. The van der Waals surface area contributed by atoms with E-state index in [9.17, 15) is 5.11 Å². The van der Waals surface area contributed by atoms with E-state index in [2.05, 4.69) is 0 Å². The van der Waals surface area contributed by atoms with Gasteiger partial charge in [-0.25, -0.2) is 0 Å². The first-order valence-electron chi connectivity index (χ1n) is 4.34. The molecule has 0 fully saturated rings. The first kappa shape index (κ1) is 8.17. The van der Waals surface area contributed by atoms with E-state index in [1.807, 2.05) is 26.0 Å². The molecule has 1 heterocycles. The van der Waals surface area contributed by atoms with Crippen LogP contribution < -0.4 is 4.74 Å². The van der Waals surface area contributed by atoms with Crippen LogP contribution in [0.4, 0.5) is 0 Å². The quantitative estimate of drug-likeness (QED) is 0.658. The lowest BCUT2D eigenvalue weighted by molar-refractivity contribution is 0.371. The van der Waals surface area contributed by atoms with Gasteiger partial charge in [0.1, 0.15) is 0 Å². The number of aryl methyl sites for hydroxylation is 1. The smallest absolute Gasteiger partial charge is 0.172 e. The summed E-state index contributed by atoms with van der Waals surface area (Å²) in [4.78, 5) is 0. The number of benzene rings is 1. The van der Waals surface area contributed by atoms with Crippen LogP contribution in [0.25, 0.3) is 0 Å². The van der Waals surface area contributed by atoms with Gasteiger partial charge in [-0.05, 0) is 38.0 Å². The summed E-state index contributed by atoms with van der Waals surface area (Å²) >= 11 is 0. The van der Waals surface area contributed by atoms with Crippen molar-refractivity contribution in [3.05, 3.63) is 35.1 Å². The molecule has 1 N–H and O–H groups in total. The standard InChI is InChI=1S/C11H12O2/c1-7-5-9-4-3-8(2)13-11(9)10(12)6-7/h3,5-6,12H,4H2,1-2H3. The molecule has 0 saturated heterocycles. The second-order valence-corrected chi connectivity index (χ2v) is 3.39. The molecule has 1 aliphatic heterocycles. The molecule has 0 radical (unpaired) electrons. The third-order valence-corrected chi connectivity index (χ3v) is 2.16. The molecule has 1 aromatic rings. The van der Waals surface area contributed by atoms with Gasteiger partial charge in [-0.2, -0.15) is 0 Å². The van der Waals surface area contributed by atoms with Crippen LogP contribution >= 0.6 is 0 Å². The lowest BCUT2D eigenvalue weighted by atomic mass is 10.0. The molecule has 0 amide bonds. The van der Waals surface area contributed by atoms with Gasteiger partial charge in [0.05, 0.1) is 5.76 Å². The first-order chi connectivity index (χ1) is 6.16. The molecule has 1 aliphatic rings. The van der Waals surface area contributed by atoms with Crippen molar-refractivity contribution in [2.24, 2.45) is 0 Å². The Labute approximate surface area is 77.5 Å². The molecule has 0 aromatic heterocycles. The van der Waals surface area contributed by atoms with Gasteiger partial charge in [0.15, 0.2) is 11.5 Å². The Morgan fingerprint density at radius 3 is 2.85 bits per heavy atom. The van der Waals surface area contributed by atoms with E-state index in [1.165, 1.54) is 0 Å². The zero-order valence-corrected chi connectivity index (χ0v) is 7.79. The van der Waals surface area contributed by atoms with Gasteiger partial charge >= 0.3 is 0 Å². The molecule has 0 saturated carbocycles. The maximum absolute atomic E-state index is 9.60. The summed E-state index contributed by atoms with van der Waals surface area (Å²) in [5.41, 5.74) is 2.12. The van der Waals surface area contributed by atoms with Gasteiger partial charge in [-0.3, -0.25) is 0 Å². The molecule has 0 spiro atoms. The van der Waals surface area contributed by atoms with Crippen molar-refractivity contribution < 1.29 is 9.84 Å². The summed E-state index contributed by atoms with van der Waals surface area (Å²) in [5.74, 6) is 1.71. The number of allylic oxidation sites excluding steroid dienone is 2. The fourth-order valence-electron chi connectivity index (χ4n) is 1.55. The summed E-state index contributed by atoms with van der Waals surface area (Å²) in [6.45, 7) is 3.85. The number of aromatic hydroxyl groups is 1. The minimum atomic E-state index is 0.238. The second kappa shape index (κ2) is 2.80. The van der Waals surface area contributed by atoms with E-state index in [1.54, 1.807) is 6.07 Å². The molecule has 1 aromatic carbocycles. The summed E-state index contributed by atoms with van der Waals surface area (Å²) < 4.78 is 5.43. The normalized spacial score (nSPS) is 14.5. The molecule has 0 aliphatic carbocycles. The maximum atomic E-state index is 9.60. The van der Waals surface area contributed by atoms with Gasteiger partial charge in [-0.1, -0.05) is 6.07 Å². The van der Waals surface area contributed by atoms with Crippen LogP contribution in [0.15, 0.2) is 24.0 Å². The summed E-state index contributed by atoms with van der Waals surface area (Å²) in [7, 11) is 0. The molecule has 0 unspecified atom stereocenters. The van der Waals surface area contributed by atoms with Gasteiger partial charge in [-0.15, -0.1) is 0 Å². The lowest BCUT2D eigenvalue weighted by Gasteiger charge is -2.17. The number of hydrogen-bond donors (Lipinski definition) is 1. The highest BCUT2D eigenvalue weighted by molar-refractivity contribution is 5.51. The summed E-state index contributed by atoms with van der Waals surface area (Å²) in [5, 5.41) is 9.60.